The van der Waals surface area contributed by atoms with Gasteiger partial charge in [-0.3, -0.25) is 14.3 Å². The lowest BCUT2D eigenvalue weighted by Gasteiger charge is -2.10. The van der Waals surface area contributed by atoms with E-state index in [1.54, 1.807) is 13.2 Å². The van der Waals surface area contributed by atoms with Crippen molar-refractivity contribution in [2.45, 2.75) is 18.7 Å². The molecule has 0 heterocycles. The first-order chi connectivity index (χ1) is 8.82. The summed E-state index contributed by atoms with van der Waals surface area (Å²) in [5, 5.41) is 13.2. The summed E-state index contributed by atoms with van der Waals surface area (Å²) in [4.78, 5) is 9.64. The van der Waals surface area contributed by atoms with Gasteiger partial charge in [0.05, 0.1) is 4.92 Å². The fourth-order valence-electron chi connectivity index (χ4n) is 1.38. The molecule has 0 aliphatic heterocycles. The van der Waals surface area contributed by atoms with Crippen LogP contribution in [-0.2, 0) is 17.3 Å². The van der Waals surface area contributed by atoms with Crippen molar-refractivity contribution < 1.29 is 17.9 Å². The van der Waals surface area contributed by atoms with E-state index < -0.39 is 33.0 Å². The van der Waals surface area contributed by atoms with E-state index >= 15 is 0 Å². The van der Waals surface area contributed by atoms with Crippen LogP contribution in [0.5, 0.6) is 0 Å². The highest BCUT2D eigenvalue weighted by molar-refractivity contribution is 7.84. The van der Waals surface area contributed by atoms with Crippen LogP contribution in [0.15, 0.2) is 12.1 Å². The molecule has 2 atom stereocenters. The zero-order valence-corrected chi connectivity index (χ0v) is 11.3. The summed E-state index contributed by atoms with van der Waals surface area (Å²) in [5.41, 5.74) is -0.757. The molecule has 0 spiro atoms. The Kier molecular flexibility index (Phi) is 5.49. The predicted octanol–water partition coefficient (Wildman–Crippen LogP) is 1.73. The number of halogens is 2. The standard InChI is InChI=1S/C11H14F2N2O3S/c1-7(19(2)18)5-14-6-8-3-11(15(16)17)10(13)4-9(8)12/h3-4,7,14H,5-6H2,1-2H3. The number of nitro benzene ring substituents is 1. The van der Waals surface area contributed by atoms with Crippen molar-refractivity contribution in [3.05, 3.63) is 39.4 Å². The highest BCUT2D eigenvalue weighted by Gasteiger charge is 2.18. The zero-order valence-electron chi connectivity index (χ0n) is 10.5. The Morgan fingerprint density at radius 3 is 2.58 bits per heavy atom. The number of nitro groups is 1. The number of rotatable bonds is 6. The topological polar surface area (TPSA) is 72.2 Å². The Labute approximate surface area is 111 Å². The molecule has 19 heavy (non-hydrogen) atoms. The molecule has 0 amide bonds. The van der Waals surface area contributed by atoms with Crippen LogP contribution in [0.25, 0.3) is 0 Å². The van der Waals surface area contributed by atoms with Crippen molar-refractivity contribution in [1.82, 2.24) is 5.32 Å². The predicted molar refractivity (Wildman–Crippen MR) is 68.2 cm³/mol. The average Bonchev–Trinajstić information content (AvgIpc) is 2.30. The van der Waals surface area contributed by atoms with Crippen LogP contribution in [0.3, 0.4) is 0 Å². The maximum atomic E-state index is 13.4. The van der Waals surface area contributed by atoms with Gasteiger partial charge in [-0.2, -0.15) is 4.39 Å². The Bertz CT molecular complexity index is 511. The van der Waals surface area contributed by atoms with Gasteiger partial charge in [0, 0.05) is 53.1 Å². The molecule has 1 aromatic rings. The second-order valence-corrected chi connectivity index (χ2v) is 5.89. The van der Waals surface area contributed by atoms with Crippen LogP contribution in [0, 0.1) is 21.7 Å². The molecule has 0 bridgehead atoms. The van der Waals surface area contributed by atoms with Crippen LogP contribution >= 0.6 is 0 Å². The third kappa shape index (κ3) is 4.32. The summed E-state index contributed by atoms with van der Waals surface area (Å²) < 4.78 is 37.6. The quantitative estimate of drug-likeness (QED) is 0.640. The Hall–Kier alpha value is -1.41. The van der Waals surface area contributed by atoms with Gasteiger partial charge in [0.1, 0.15) is 5.82 Å². The van der Waals surface area contributed by atoms with E-state index in [0.717, 1.165) is 6.07 Å². The van der Waals surface area contributed by atoms with Crippen LogP contribution in [0.1, 0.15) is 12.5 Å². The summed E-state index contributed by atoms with van der Waals surface area (Å²) in [6.07, 6.45) is 1.55. The highest BCUT2D eigenvalue weighted by Crippen LogP contribution is 2.21. The Morgan fingerprint density at radius 1 is 1.42 bits per heavy atom. The van der Waals surface area contributed by atoms with Gasteiger partial charge in [-0.05, 0) is 6.92 Å². The second kappa shape index (κ2) is 6.67. The monoisotopic (exact) mass is 292 g/mol. The molecule has 8 heteroatoms. The molecule has 0 saturated carbocycles. The van der Waals surface area contributed by atoms with E-state index in [1.807, 2.05) is 0 Å². The fourth-order valence-corrected chi connectivity index (χ4v) is 1.74. The lowest BCUT2D eigenvalue weighted by Crippen LogP contribution is -2.27. The third-order valence-electron chi connectivity index (χ3n) is 2.63. The minimum atomic E-state index is -1.20. The number of nitrogens with zero attached hydrogens (tertiary/aromatic N) is 1. The molecule has 0 aliphatic rings. The lowest BCUT2D eigenvalue weighted by atomic mass is 10.1. The summed E-state index contributed by atoms with van der Waals surface area (Å²) in [6, 6.07) is 1.36. The SMILES string of the molecule is CC(CNCc1cc([N+](=O)[O-])c(F)cc1F)S(C)=O. The molecule has 1 aromatic carbocycles. The minimum Gasteiger partial charge on any atom is -0.311 e. The molecule has 5 nitrogen and oxygen atoms in total. The first-order valence-electron chi connectivity index (χ1n) is 5.48. The van der Waals surface area contributed by atoms with Gasteiger partial charge in [0.25, 0.3) is 0 Å². The van der Waals surface area contributed by atoms with Gasteiger partial charge in [-0.15, -0.1) is 0 Å². The molecule has 0 saturated heterocycles. The zero-order chi connectivity index (χ0) is 14.6. The maximum absolute atomic E-state index is 13.4. The van der Waals surface area contributed by atoms with E-state index in [2.05, 4.69) is 5.32 Å². The molecule has 1 rings (SSSR count). The van der Waals surface area contributed by atoms with Crippen molar-refractivity contribution >= 4 is 16.5 Å². The molecular weight excluding hydrogens is 278 g/mol. The van der Waals surface area contributed by atoms with Crippen LogP contribution in [0.2, 0.25) is 0 Å². The minimum absolute atomic E-state index is 0.00202. The van der Waals surface area contributed by atoms with E-state index in [0.29, 0.717) is 12.6 Å². The van der Waals surface area contributed by atoms with Crippen molar-refractivity contribution in [3.8, 4) is 0 Å². The Balaban J connectivity index is 2.76. The first kappa shape index (κ1) is 15.6. The van der Waals surface area contributed by atoms with Gasteiger partial charge in [-0.1, -0.05) is 0 Å². The average molecular weight is 292 g/mol. The number of hydrogen-bond donors (Lipinski definition) is 1. The van der Waals surface area contributed by atoms with Crippen LogP contribution < -0.4 is 5.32 Å². The second-order valence-electron chi connectivity index (χ2n) is 4.09. The van der Waals surface area contributed by atoms with Crippen molar-refractivity contribution in [1.29, 1.82) is 0 Å². The van der Waals surface area contributed by atoms with Crippen LogP contribution in [-0.4, -0.2) is 27.2 Å². The van der Waals surface area contributed by atoms with Crippen molar-refractivity contribution in [2.75, 3.05) is 12.8 Å². The van der Waals surface area contributed by atoms with Gasteiger partial charge >= 0.3 is 5.69 Å². The lowest BCUT2D eigenvalue weighted by molar-refractivity contribution is -0.387. The largest absolute Gasteiger partial charge is 0.311 e. The number of nitrogens with one attached hydrogen (secondary N) is 1. The molecule has 0 fully saturated rings. The molecule has 0 radical (unpaired) electrons. The van der Waals surface area contributed by atoms with Gasteiger partial charge in [0.2, 0.25) is 5.82 Å². The summed E-state index contributed by atoms with van der Waals surface area (Å²) in [7, 11) is -1.01. The fraction of sp³-hybridized carbons (Fsp3) is 0.455. The molecule has 106 valence electrons. The third-order valence-corrected chi connectivity index (χ3v) is 3.93. The van der Waals surface area contributed by atoms with Crippen molar-refractivity contribution in [3.63, 3.8) is 0 Å². The van der Waals surface area contributed by atoms with E-state index in [9.17, 15) is 23.1 Å². The summed E-state index contributed by atoms with van der Waals surface area (Å²) in [5.74, 6) is -2.05. The van der Waals surface area contributed by atoms with Gasteiger partial charge in [0.15, 0.2) is 0 Å². The van der Waals surface area contributed by atoms with E-state index in [-0.39, 0.29) is 17.4 Å². The maximum Gasteiger partial charge on any atom is 0.305 e. The summed E-state index contributed by atoms with van der Waals surface area (Å²) in [6.45, 7) is 2.13. The molecule has 0 aliphatic carbocycles. The molecular formula is C11H14F2N2O3S. The Morgan fingerprint density at radius 2 is 2.05 bits per heavy atom. The molecule has 1 N–H and O–H groups in total. The number of hydrogen-bond acceptors (Lipinski definition) is 4. The van der Waals surface area contributed by atoms with E-state index in [4.69, 9.17) is 0 Å². The first-order valence-corrected chi connectivity index (χ1v) is 7.10. The molecule has 0 aromatic heterocycles. The smallest absolute Gasteiger partial charge is 0.305 e. The van der Waals surface area contributed by atoms with Gasteiger partial charge < -0.3 is 5.32 Å². The highest BCUT2D eigenvalue weighted by atomic mass is 32.2. The van der Waals surface area contributed by atoms with Gasteiger partial charge in [-0.25, -0.2) is 4.39 Å². The normalized spacial score (nSPS) is 14.1. The van der Waals surface area contributed by atoms with Crippen LogP contribution in [0.4, 0.5) is 14.5 Å². The number of benzene rings is 1. The van der Waals surface area contributed by atoms with E-state index in [1.165, 1.54) is 0 Å². The van der Waals surface area contributed by atoms with Crippen molar-refractivity contribution in [2.24, 2.45) is 0 Å². The molecule has 2 unspecified atom stereocenters. The summed E-state index contributed by atoms with van der Waals surface area (Å²) >= 11 is 0.